The Balaban J connectivity index is 1.71. The summed E-state index contributed by atoms with van der Waals surface area (Å²) in [7, 11) is -3.80. The fraction of sp³-hybridized carbons (Fsp3) is 0.105. The molecule has 2 N–H and O–H groups in total. The number of aliphatic carboxylic acids is 1. The first kappa shape index (κ1) is 19.3. The lowest BCUT2D eigenvalue weighted by Crippen LogP contribution is -2.13. The van der Waals surface area contributed by atoms with Crippen LogP contribution in [0.3, 0.4) is 0 Å². The average molecular weight is 399 g/mol. The van der Waals surface area contributed by atoms with E-state index in [4.69, 9.17) is 9.84 Å². The number of hydrogen-bond acceptors (Lipinski definition) is 6. The molecule has 0 unspecified atom stereocenters. The van der Waals surface area contributed by atoms with Gasteiger partial charge in [-0.1, -0.05) is 18.2 Å². The minimum Gasteiger partial charge on any atom is -0.481 e. The van der Waals surface area contributed by atoms with Gasteiger partial charge in [-0.25, -0.2) is 13.4 Å². The molecule has 3 rings (SSSR count). The normalized spacial score (nSPS) is 11.0. The van der Waals surface area contributed by atoms with E-state index in [0.717, 1.165) is 5.56 Å². The molecule has 0 saturated carbocycles. The van der Waals surface area contributed by atoms with Crippen molar-refractivity contribution in [1.82, 2.24) is 9.97 Å². The summed E-state index contributed by atoms with van der Waals surface area (Å²) in [5, 5.41) is 8.71. The Labute approximate surface area is 161 Å². The molecule has 0 aliphatic heterocycles. The molecule has 8 nitrogen and oxygen atoms in total. The number of rotatable bonds is 8. The Bertz CT molecular complexity index is 1050. The van der Waals surface area contributed by atoms with E-state index < -0.39 is 16.0 Å². The minimum atomic E-state index is -3.80. The lowest BCUT2D eigenvalue weighted by atomic mass is 10.1. The molecule has 28 heavy (non-hydrogen) atoms. The number of ether oxygens (including phenoxy) is 1. The van der Waals surface area contributed by atoms with Crippen LogP contribution in [0.2, 0.25) is 0 Å². The molecule has 0 amide bonds. The topological polar surface area (TPSA) is 118 Å². The van der Waals surface area contributed by atoms with E-state index in [1.807, 2.05) is 0 Å². The highest BCUT2D eigenvalue weighted by molar-refractivity contribution is 7.92. The first-order valence-corrected chi connectivity index (χ1v) is 9.78. The summed E-state index contributed by atoms with van der Waals surface area (Å²) >= 11 is 0. The molecular formula is C19H17N3O5S. The van der Waals surface area contributed by atoms with Crippen LogP contribution in [0.25, 0.3) is 0 Å². The van der Waals surface area contributed by atoms with Crippen molar-refractivity contribution >= 4 is 21.7 Å². The van der Waals surface area contributed by atoms with Crippen molar-refractivity contribution in [2.75, 3.05) is 4.72 Å². The standard InChI is InChI=1S/C19H17N3O5S/c23-19(24)9-6-14-4-7-17(8-5-14)28(25,26)22-15-2-1-3-16(12-15)27-18-13-20-10-11-21-18/h1-5,7-8,10-13,22H,6,9H2,(H,23,24). The van der Waals surface area contributed by atoms with Gasteiger partial charge in [0, 0.05) is 24.9 Å². The van der Waals surface area contributed by atoms with Gasteiger partial charge < -0.3 is 9.84 Å². The molecule has 0 bridgehead atoms. The Morgan fingerprint density at radius 1 is 1.11 bits per heavy atom. The predicted octanol–water partition coefficient (Wildman–Crippen LogP) is 3.09. The van der Waals surface area contributed by atoms with E-state index in [2.05, 4.69) is 14.7 Å². The smallest absolute Gasteiger partial charge is 0.303 e. The molecular weight excluding hydrogens is 382 g/mol. The summed E-state index contributed by atoms with van der Waals surface area (Å²) in [5.74, 6) is -0.203. The first-order chi connectivity index (χ1) is 13.4. The zero-order valence-electron chi connectivity index (χ0n) is 14.6. The number of sulfonamides is 1. The molecule has 144 valence electrons. The average Bonchev–Trinajstić information content (AvgIpc) is 2.67. The highest BCUT2D eigenvalue weighted by Crippen LogP contribution is 2.24. The van der Waals surface area contributed by atoms with Gasteiger partial charge in [0.2, 0.25) is 5.88 Å². The maximum atomic E-state index is 12.6. The molecule has 0 atom stereocenters. The largest absolute Gasteiger partial charge is 0.481 e. The lowest BCUT2D eigenvalue weighted by Gasteiger charge is -2.10. The Morgan fingerprint density at radius 2 is 1.89 bits per heavy atom. The highest BCUT2D eigenvalue weighted by atomic mass is 32.2. The van der Waals surface area contributed by atoms with Crippen LogP contribution >= 0.6 is 0 Å². The summed E-state index contributed by atoms with van der Waals surface area (Å²) in [6, 6.07) is 12.5. The molecule has 0 aliphatic rings. The second kappa shape index (κ2) is 8.49. The van der Waals surface area contributed by atoms with Crippen LogP contribution in [0.5, 0.6) is 11.6 Å². The number of carbonyl (C=O) groups is 1. The van der Waals surface area contributed by atoms with Crippen LogP contribution in [0.15, 0.2) is 72.0 Å². The van der Waals surface area contributed by atoms with Crippen LogP contribution in [-0.4, -0.2) is 29.5 Å². The molecule has 9 heteroatoms. The second-order valence-corrected chi connectivity index (χ2v) is 7.50. The van der Waals surface area contributed by atoms with Gasteiger partial charge in [-0.2, -0.15) is 0 Å². The van der Waals surface area contributed by atoms with E-state index in [1.54, 1.807) is 30.3 Å². The quantitative estimate of drug-likeness (QED) is 0.597. The third-order valence-corrected chi connectivity index (χ3v) is 5.11. The minimum absolute atomic E-state index is 0.0110. The van der Waals surface area contributed by atoms with E-state index >= 15 is 0 Å². The van der Waals surface area contributed by atoms with E-state index in [9.17, 15) is 13.2 Å². The highest BCUT2D eigenvalue weighted by Gasteiger charge is 2.15. The van der Waals surface area contributed by atoms with Crippen molar-refractivity contribution in [3.8, 4) is 11.6 Å². The number of carboxylic acids is 1. The maximum absolute atomic E-state index is 12.6. The van der Waals surface area contributed by atoms with Crippen molar-refractivity contribution in [3.63, 3.8) is 0 Å². The first-order valence-electron chi connectivity index (χ1n) is 8.30. The van der Waals surface area contributed by atoms with Gasteiger partial charge in [0.05, 0.1) is 16.8 Å². The molecule has 1 aromatic heterocycles. The van der Waals surface area contributed by atoms with Crippen molar-refractivity contribution in [2.45, 2.75) is 17.7 Å². The van der Waals surface area contributed by atoms with Crippen molar-refractivity contribution < 1.29 is 23.1 Å². The van der Waals surface area contributed by atoms with Crippen molar-refractivity contribution in [3.05, 3.63) is 72.7 Å². The van der Waals surface area contributed by atoms with Crippen LogP contribution in [0.1, 0.15) is 12.0 Å². The molecule has 0 fully saturated rings. The van der Waals surface area contributed by atoms with Gasteiger partial charge >= 0.3 is 5.97 Å². The Kier molecular flexibility index (Phi) is 5.85. The van der Waals surface area contributed by atoms with Crippen LogP contribution < -0.4 is 9.46 Å². The van der Waals surface area contributed by atoms with Crippen LogP contribution in [0.4, 0.5) is 5.69 Å². The Morgan fingerprint density at radius 3 is 2.57 bits per heavy atom. The summed E-state index contributed by atoms with van der Waals surface area (Å²) < 4.78 is 33.2. The fourth-order valence-electron chi connectivity index (χ4n) is 2.38. The molecule has 0 radical (unpaired) electrons. The van der Waals surface area contributed by atoms with Gasteiger partial charge in [-0.15, -0.1) is 0 Å². The molecule has 0 aliphatic carbocycles. The number of aromatic nitrogens is 2. The van der Waals surface area contributed by atoms with Gasteiger partial charge in [0.1, 0.15) is 5.75 Å². The van der Waals surface area contributed by atoms with Gasteiger partial charge in [-0.3, -0.25) is 14.5 Å². The number of aryl methyl sites for hydroxylation is 1. The number of nitrogens with zero attached hydrogens (tertiary/aromatic N) is 2. The van der Waals surface area contributed by atoms with E-state index in [-0.39, 0.29) is 11.3 Å². The van der Waals surface area contributed by atoms with Gasteiger partial charge in [-0.05, 0) is 36.2 Å². The number of carboxylic acid groups (broad SMARTS) is 1. The monoisotopic (exact) mass is 399 g/mol. The van der Waals surface area contributed by atoms with Crippen molar-refractivity contribution in [1.29, 1.82) is 0 Å². The van der Waals surface area contributed by atoms with Crippen molar-refractivity contribution in [2.24, 2.45) is 0 Å². The van der Waals surface area contributed by atoms with Gasteiger partial charge in [0.25, 0.3) is 10.0 Å². The summed E-state index contributed by atoms with van der Waals surface area (Å²) in [6.07, 6.45) is 4.78. The maximum Gasteiger partial charge on any atom is 0.303 e. The van der Waals surface area contributed by atoms with Crippen LogP contribution in [0, 0.1) is 0 Å². The SMILES string of the molecule is O=C(O)CCc1ccc(S(=O)(=O)Nc2cccc(Oc3cnccn3)c2)cc1. The van der Waals surface area contributed by atoms with E-state index in [0.29, 0.717) is 23.7 Å². The number of benzene rings is 2. The number of nitrogens with one attached hydrogen (secondary N) is 1. The summed E-state index contributed by atoms with van der Waals surface area (Å²) in [5.41, 5.74) is 1.08. The summed E-state index contributed by atoms with van der Waals surface area (Å²) in [6.45, 7) is 0. The Hall–Kier alpha value is -3.46. The fourth-order valence-corrected chi connectivity index (χ4v) is 3.43. The predicted molar refractivity (Wildman–Crippen MR) is 102 cm³/mol. The third kappa shape index (κ3) is 5.27. The van der Waals surface area contributed by atoms with Crippen LogP contribution in [-0.2, 0) is 21.2 Å². The molecule has 0 saturated heterocycles. The second-order valence-electron chi connectivity index (χ2n) is 5.82. The zero-order chi connectivity index (χ0) is 20.0. The van der Waals surface area contributed by atoms with Gasteiger partial charge in [0.15, 0.2) is 0 Å². The summed E-state index contributed by atoms with van der Waals surface area (Å²) in [4.78, 5) is 18.6. The number of anilines is 1. The molecule has 2 aromatic carbocycles. The zero-order valence-corrected chi connectivity index (χ0v) is 15.5. The number of hydrogen-bond donors (Lipinski definition) is 2. The van der Waals surface area contributed by atoms with E-state index in [1.165, 1.54) is 36.8 Å². The molecule has 3 aromatic rings. The molecule has 0 spiro atoms. The molecule has 1 heterocycles. The lowest BCUT2D eigenvalue weighted by molar-refractivity contribution is -0.136. The third-order valence-electron chi connectivity index (χ3n) is 3.71.